The van der Waals surface area contributed by atoms with Crippen LogP contribution in [0.5, 0.6) is 28.7 Å². The average Bonchev–Trinajstić information content (AvgIpc) is 3.57. The van der Waals surface area contributed by atoms with Crippen LogP contribution < -0.4 is 23.7 Å². The van der Waals surface area contributed by atoms with Crippen LogP contribution in [0.3, 0.4) is 0 Å². The van der Waals surface area contributed by atoms with E-state index in [0.29, 0.717) is 50.5 Å². The zero-order valence-electron chi connectivity index (χ0n) is 20.9. The van der Waals surface area contributed by atoms with Crippen molar-refractivity contribution in [1.29, 1.82) is 0 Å². The fraction of sp³-hybridized carbons (Fsp3) is 0.370. The predicted molar refractivity (Wildman–Crippen MR) is 132 cm³/mol. The summed E-state index contributed by atoms with van der Waals surface area (Å²) in [5.41, 5.74) is 1.77. The fourth-order valence-electron chi connectivity index (χ4n) is 5.18. The van der Waals surface area contributed by atoms with Crippen molar-refractivity contribution >= 4 is 16.7 Å². The fourth-order valence-corrected chi connectivity index (χ4v) is 5.18. The number of cyclic esters (lactones) is 1. The van der Waals surface area contributed by atoms with Crippen LogP contribution in [0.2, 0.25) is 0 Å². The molecule has 0 aromatic heterocycles. The normalized spacial score (nSPS) is 25.4. The molecule has 0 spiro atoms. The first-order valence-electron chi connectivity index (χ1n) is 12.1. The topological polar surface area (TPSA) is 163 Å². The molecule has 1 saturated heterocycles. The lowest BCUT2D eigenvalue weighted by molar-refractivity contribution is -0.277. The summed E-state index contributed by atoms with van der Waals surface area (Å²) in [5.74, 6) is 1.40. The van der Waals surface area contributed by atoms with E-state index in [0.717, 1.165) is 0 Å². The quantitative estimate of drug-likeness (QED) is 0.329. The molecule has 206 valence electrons. The van der Waals surface area contributed by atoms with E-state index in [1.807, 2.05) is 0 Å². The van der Waals surface area contributed by atoms with Crippen LogP contribution >= 0.6 is 0 Å². The standard InChI is InChI=1S/C27H26O12/c1-33-15-4-3-11(5-16(15)34-2)20-12-6-17-18(37-10-36-17)7-13(12)25(14-9-35-26(32)21(14)20)39-27-24(31)23(30)22(29)19(8-28)38-27/h3-7,19,22-24,27-31H,8-10H2,1-2H3/t19-,22-,23+,24-,27+/m1/s1. The molecule has 4 N–H and O–H groups in total. The van der Waals surface area contributed by atoms with Crippen molar-refractivity contribution in [3.05, 3.63) is 41.5 Å². The second-order valence-corrected chi connectivity index (χ2v) is 9.27. The van der Waals surface area contributed by atoms with E-state index in [1.54, 1.807) is 30.3 Å². The molecule has 3 aliphatic rings. The number of carbonyl (C=O) groups is 1. The summed E-state index contributed by atoms with van der Waals surface area (Å²) in [7, 11) is 3.03. The van der Waals surface area contributed by atoms with Crippen LogP contribution in [-0.2, 0) is 16.1 Å². The number of aliphatic hydroxyl groups is 4. The summed E-state index contributed by atoms with van der Waals surface area (Å²) >= 11 is 0. The zero-order valence-corrected chi connectivity index (χ0v) is 20.9. The lowest BCUT2D eigenvalue weighted by atomic mass is 9.89. The number of methoxy groups -OCH3 is 2. The van der Waals surface area contributed by atoms with Gasteiger partial charge in [-0.25, -0.2) is 4.79 Å². The number of esters is 1. The van der Waals surface area contributed by atoms with Crippen molar-refractivity contribution in [1.82, 2.24) is 0 Å². The third-order valence-corrected chi connectivity index (χ3v) is 7.16. The lowest BCUT2D eigenvalue weighted by Crippen LogP contribution is -2.60. The van der Waals surface area contributed by atoms with Gasteiger partial charge in [-0.2, -0.15) is 0 Å². The van der Waals surface area contributed by atoms with Gasteiger partial charge in [0.1, 0.15) is 36.8 Å². The van der Waals surface area contributed by atoms with Crippen LogP contribution in [0.4, 0.5) is 0 Å². The summed E-state index contributed by atoms with van der Waals surface area (Å²) in [5, 5.41) is 41.8. The number of aliphatic hydroxyl groups excluding tert-OH is 4. The maximum absolute atomic E-state index is 13.1. The molecule has 6 rings (SSSR count). The Hall–Kier alpha value is -3.81. The van der Waals surface area contributed by atoms with E-state index < -0.39 is 43.3 Å². The Bertz CT molecular complexity index is 1450. The van der Waals surface area contributed by atoms with Gasteiger partial charge in [-0.05, 0) is 35.2 Å². The SMILES string of the molecule is COc1ccc(-c2c3c(c(O[C@@H]4O[C@H](CO)[C@@H](O)[C@H](O)[C@H]4O)c4cc5c(cc24)OCO5)COC3=O)cc1OC. The van der Waals surface area contributed by atoms with Crippen molar-refractivity contribution < 1.29 is 58.4 Å². The largest absolute Gasteiger partial charge is 0.493 e. The number of benzene rings is 3. The first kappa shape index (κ1) is 25.5. The van der Waals surface area contributed by atoms with Crippen LogP contribution in [0.1, 0.15) is 15.9 Å². The van der Waals surface area contributed by atoms with Gasteiger partial charge in [0.15, 0.2) is 23.0 Å². The Morgan fingerprint density at radius 1 is 0.872 bits per heavy atom. The van der Waals surface area contributed by atoms with Gasteiger partial charge in [0.2, 0.25) is 13.1 Å². The first-order chi connectivity index (χ1) is 18.9. The molecule has 3 aromatic carbocycles. The van der Waals surface area contributed by atoms with E-state index >= 15 is 0 Å². The summed E-state index contributed by atoms with van der Waals surface area (Å²) in [6, 6.07) is 8.64. The molecule has 3 heterocycles. The first-order valence-corrected chi connectivity index (χ1v) is 12.1. The minimum atomic E-state index is -1.66. The minimum Gasteiger partial charge on any atom is -0.493 e. The van der Waals surface area contributed by atoms with Crippen molar-refractivity contribution in [2.45, 2.75) is 37.3 Å². The number of hydrogen-bond donors (Lipinski definition) is 4. The third kappa shape index (κ3) is 3.99. The Labute approximate surface area is 221 Å². The van der Waals surface area contributed by atoms with Gasteiger partial charge < -0.3 is 53.6 Å². The molecule has 1 fully saturated rings. The minimum absolute atomic E-state index is 0.00199. The number of carbonyl (C=O) groups excluding carboxylic acids is 1. The van der Waals surface area contributed by atoms with E-state index in [4.69, 9.17) is 33.2 Å². The smallest absolute Gasteiger partial charge is 0.339 e. The molecule has 12 heteroatoms. The molecular weight excluding hydrogens is 516 g/mol. The molecule has 0 amide bonds. The molecule has 12 nitrogen and oxygen atoms in total. The van der Waals surface area contributed by atoms with Crippen molar-refractivity contribution in [3.8, 4) is 39.9 Å². The van der Waals surface area contributed by atoms with Gasteiger partial charge in [0, 0.05) is 16.5 Å². The van der Waals surface area contributed by atoms with E-state index in [-0.39, 0.29) is 24.7 Å². The summed E-state index contributed by atoms with van der Waals surface area (Å²) in [6.07, 6.45) is -7.53. The molecule has 39 heavy (non-hydrogen) atoms. The number of hydrogen-bond acceptors (Lipinski definition) is 12. The summed E-state index contributed by atoms with van der Waals surface area (Å²) < 4.78 is 39.2. The lowest BCUT2D eigenvalue weighted by Gasteiger charge is -2.39. The maximum atomic E-state index is 13.1. The van der Waals surface area contributed by atoms with E-state index in [1.165, 1.54) is 14.2 Å². The highest BCUT2D eigenvalue weighted by atomic mass is 16.7. The van der Waals surface area contributed by atoms with Crippen LogP contribution in [-0.4, -0.2) is 84.7 Å². The Morgan fingerprint density at radius 3 is 2.28 bits per heavy atom. The van der Waals surface area contributed by atoms with Crippen molar-refractivity contribution in [2.24, 2.45) is 0 Å². The predicted octanol–water partition coefficient (Wildman–Crippen LogP) is 1.10. The third-order valence-electron chi connectivity index (χ3n) is 7.16. The zero-order chi connectivity index (χ0) is 27.4. The van der Waals surface area contributed by atoms with E-state index in [9.17, 15) is 25.2 Å². The molecule has 0 aliphatic carbocycles. The molecule has 3 aliphatic heterocycles. The molecule has 3 aromatic rings. The highest BCUT2D eigenvalue weighted by molar-refractivity contribution is 6.14. The highest BCUT2D eigenvalue weighted by Crippen LogP contribution is 2.50. The number of rotatable bonds is 6. The Morgan fingerprint density at radius 2 is 1.59 bits per heavy atom. The van der Waals surface area contributed by atoms with Gasteiger partial charge in [0.05, 0.1) is 26.4 Å². The summed E-state index contributed by atoms with van der Waals surface area (Å²) in [6.45, 7) is -0.754. The highest BCUT2D eigenvalue weighted by Gasteiger charge is 2.46. The Balaban J connectivity index is 1.58. The number of ether oxygens (including phenoxy) is 7. The Kier molecular flexibility index (Phi) is 6.36. The van der Waals surface area contributed by atoms with Gasteiger partial charge in [-0.3, -0.25) is 0 Å². The van der Waals surface area contributed by atoms with Gasteiger partial charge >= 0.3 is 5.97 Å². The summed E-state index contributed by atoms with van der Waals surface area (Å²) in [4.78, 5) is 13.1. The second-order valence-electron chi connectivity index (χ2n) is 9.27. The molecule has 0 radical (unpaired) electrons. The van der Waals surface area contributed by atoms with Crippen LogP contribution in [0.25, 0.3) is 21.9 Å². The number of fused-ring (bicyclic) bond motifs is 3. The van der Waals surface area contributed by atoms with Crippen LogP contribution in [0, 0.1) is 0 Å². The molecular formula is C27H26O12. The molecule has 0 bridgehead atoms. The van der Waals surface area contributed by atoms with Crippen molar-refractivity contribution in [3.63, 3.8) is 0 Å². The van der Waals surface area contributed by atoms with Gasteiger partial charge in [0.25, 0.3) is 0 Å². The van der Waals surface area contributed by atoms with Crippen LogP contribution in [0.15, 0.2) is 30.3 Å². The maximum Gasteiger partial charge on any atom is 0.339 e. The molecule has 0 unspecified atom stereocenters. The molecule has 5 atom stereocenters. The monoisotopic (exact) mass is 542 g/mol. The van der Waals surface area contributed by atoms with Gasteiger partial charge in [-0.1, -0.05) is 6.07 Å². The van der Waals surface area contributed by atoms with E-state index in [2.05, 4.69) is 0 Å². The van der Waals surface area contributed by atoms with Crippen molar-refractivity contribution in [2.75, 3.05) is 27.6 Å². The van der Waals surface area contributed by atoms with Gasteiger partial charge in [-0.15, -0.1) is 0 Å². The average molecular weight is 542 g/mol. The second kappa shape index (κ2) is 9.74. The molecule has 0 saturated carbocycles.